The Labute approximate surface area is 349 Å². The Kier molecular flexibility index (Phi) is 7.96. The molecule has 0 nitrogen and oxygen atoms in total. The Bertz CT molecular complexity index is 3560. The van der Waals surface area contributed by atoms with Crippen LogP contribution in [0.2, 0.25) is 0 Å². The molecular formula is C60H38. The van der Waals surface area contributed by atoms with Crippen LogP contribution in [0.4, 0.5) is 0 Å². The molecule has 0 unspecified atom stereocenters. The van der Waals surface area contributed by atoms with Crippen LogP contribution in [-0.2, 0) is 0 Å². The van der Waals surface area contributed by atoms with Gasteiger partial charge in [0.2, 0.25) is 0 Å². The molecule has 0 atom stereocenters. The smallest absolute Gasteiger partial charge is 0.00259 e. The van der Waals surface area contributed by atoms with Crippen molar-refractivity contribution in [2.24, 2.45) is 0 Å². The van der Waals surface area contributed by atoms with Crippen LogP contribution in [0.1, 0.15) is 0 Å². The summed E-state index contributed by atoms with van der Waals surface area (Å²) in [6.45, 7) is 0. The van der Waals surface area contributed by atoms with Gasteiger partial charge in [0.05, 0.1) is 0 Å². The van der Waals surface area contributed by atoms with Crippen LogP contribution in [0.15, 0.2) is 231 Å². The van der Waals surface area contributed by atoms with E-state index >= 15 is 0 Å². The van der Waals surface area contributed by atoms with Gasteiger partial charge < -0.3 is 0 Å². The van der Waals surface area contributed by atoms with Gasteiger partial charge in [-0.15, -0.1) is 0 Å². The second kappa shape index (κ2) is 13.9. The van der Waals surface area contributed by atoms with Crippen molar-refractivity contribution in [1.29, 1.82) is 0 Å². The Morgan fingerprint density at radius 3 is 1.15 bits per heavy atom. The number of benzene rings is 12. The number of rotatable bonds is 5. The first-order valence-corrected chi connectivity index (χ1v) is 20.8. The number of hydrogen-bond acceptors (Lipinski definition) is 0. The number of fused-ring (bicyclic) bond motifs is 6. The highest BCUT2D eigenvalue weighted by Gasteiger charge is 2.20. The highest BCUT2D eigenvalue weighted by molar-refractivity contribution is 6.23. The van der Waals surface area contributed by atoms with Crippen LogP contribution in [-0.4, -0.2) is 0 Å². The summed E-state index contributed by atoms with van der Waals surface area (Å²) in [6.07, 6.45) is 0. The molecule has 0 saturated carbocycles. The van der Waals surface area contributed by atoms with E-state index in [4.69, 9.17) is 0 Å². The summed E-state index contributed by atoms with van der Waals surface area (Å²) in [5.74, 6) is 0. The van der Waals surface area contributed by atoms with E-state index in [1.165, 1.54) is 120 Å². The van der Waals surface area contributed by atoms with E-state index in [0.29, 0.717) is 0 Å². The van der Waals surface area contributed by atoms with Crippen molar-refractivity contribution in [3.8, 4) is 55.6 Å². The third-order valence-electron chi connectivity index (χ3n) is 12.6. The molecule has 0 heterocycles. The third-order valence-corrected chi connectivity index (χ3v) is 12.6. The molecule has 0 aliphatic carbocycles. The largest absolute Gasteiger partial charge is 0.0616 e. The Morgan fingerprint density at radius 2 is 0.567 bits per heavy atom. The van der Waals surface area contributed by atoms with Crippen molar-refractivity contribution in [3.05, 3.63) is 231 Å². The quantitative estimate of drug-likeness (QED) is 0.153. The minimum absolute atomic E-state index is 1.20. The molecule has 12 rings (SSSR count). The fourth-order valence-corrected chi connectivity index (χ4v) is 9.63. The van der Waals surface area contributed by atoms with Gasteiger partial charge in [-0.25, -0.2) is 0 Å². The van der Waals surface area contributed by atoms with Crippen LogP contribution in [0, 0.1) is 0 Å². The fourth-order valence-electron chi connectivity index (χ4n) is 9.63. The molecule has 0 amide bonds. The first-order valence-electron chi connectivity index (χ1n) is 20.8. The molecule has 0 aliphatic rings. The van der Waals surface area contributed by atoms with Gasteiger partial charge in [-0.1, -0.05) is 188 Å². The van der Waals surface area contributed by atoms with Gasteiger partial charge in [-0.2, -0.15) is 0 Å². The maximum Gasteiger partial charge on any atom is -0.00259 e. The third kappa shape index (κ3) is 5.76. The summed E-state index contributed by atoms with van der Waals surface area (Å²) in [4.78, 5) is 0. The zero-order valence-corrected chi connectivity index (χ0v) is 32.9. The summed E-state index contributed by atoms with van der Waals surface area (Å²) in [7, 11) is 0. The van der Waals surface area contributed by atoms with Gasteiger partial charge >= 0.3 is 0 Å². The van der Waals surface area contributed by atoms with Crippen molar-refractivity contribution in [3.63, 3.8) is 0 Å². The number of hydrogen-bond donors (Lipinski definition) is 0. The molecule has 0 bridgehead atoms. The average molecular weight is 759 g/mol. The Hall–Kier alpha value is -7.80. The SMILES string of the molecule is c1ccc2cc(-c3cc(-c4ccc5ccccc5c4)cc(-c4c5ccccc5c(-c5ccc6ccccc6c5)c5cc(-c6cccc7ccccc67)ccc45)c3)ccc2c1. The standard InChI is InChI=1S/C60H38/c1-4-16-43-32-46(27-24-39(43)12-1)50-35-51(47-28-25-40-13-2-5-17-44(40)33-47)37-52(36-50)60-56-22-10-9-21-55(56)59(49-29-26-41-14-3-6-18-45(41)34-49)58-38-48(30-31-57(58)60)54-23-11-19-42-15-7-8-20-53(42)54/h1-38H. The predicted molar refractivity (Wildman–Crippen MR) is 259 cm³/mol. The van der Waals surface area contributed by atoms with Crippen molar-refractivity contribution in [2.75, 3.05) is 0 Å². The van der Waals surface area contributed by atoms with Crippen LogP contribution >= 0.6 is 0 Å². The van der Waals surface area contributed by atoms with Gasteiger partial charge in [0.1, 0.15) is 0 Å². The highest BCUT2D eigenvalue weighted by atomic mass is 14.2. The average Bonchev–Trinajstić information content (AvgIpc) is 3.32. The molecule has 0 fully saturated rings. The molecule has 12 aromatic rings. The fraction of sp³-hybridized carbons (Fsp3) is 0. The Morgan fingerprint density at radius 1 is 0.167 bits per heavy atom. The normalized spacial score (nSPS) is 11.7. The Balaban J connectivity index is 1.18. The summed E-state index contributed by atoms with van der Waals surface area (Å²) in [5, 5.41) is 14.9. The van der Waals surface area contributed by atoms with Gasteiger partial charge in [0.15, 0.2) is 0 Å². The zero-order valence-electron chi connectivity index (χ0n) is 32.9. The van der Waals surface area contributed by atoms with Crippen LogP contribution in [0.3, 0.4) is 0 Å². The summed E-state index contributed by atoms with van der Waals surface area (Å²) in [6, 6.07) is 85.5. The zero-order chi connectivity index (χ0) is 39.6. The van der Waals surface area contributed by atoms with E-state index in [-0.39, 0.29) is 0 Å². The molecule has 0 saturated heterocycles. The van der Waals surface area contributed by atoms with E-state index in [0.717, 1.165) is 0 Å². The monoisotopic (exact) mass is 758 g/mol. The van der Waals surface area contributed by atoms with Crippen LogP contribution < -0.4 is 0 Å². The van der Waals surface area contributed by atoms with Crippen molar-refractivity contribution in [1.82, 2.24) is 0 Å². The molecule has 278 valence electrons. The second-order valence-corrected chi connectivity index (χ2v) is 16.1. The molecule has 0 spiro atoms. The molecular weight excluding hydrogens is 721 g/mol. The minimum atomic E-state index is 1.20. The molecule has 12 aromatic carbocycles. The van der Waals surface area contributed by atoms with Crippen molar-refractivity contribution < 1.29 is 0 Å². The van der Waals surface area contributed by atoms with Crippen LogP contribution in [0.5, 0.6) is 0 Å². The van der Waals surface area contributed by atoms with E-state index in [9.17, 15) is 0 Å². The predicted octanol–water partition coefficient (Wildman–Crippen LogP) is 16.9. The van der Waals surface area contributed by atoms with E-state index in [1.807, 2.05) is 0 Å². The summed E-state index contributed by atoms with van der Waals surface area (Å²) < 4.78 is 0. The molecule has 0 N–H and O–H groups in total. The molecule has 60 heavy (non-hydrogen) atoms. The van der Waals surface area contributed by atoms with Crippen molar-refractivity contribution >= 4 is 64.6 Å². The second-order valence-electron chi connectivity index (χ2n) is 16.1. The summed E-state index contributed by atoms with van der Waals surface area (Å²) >= 11 is 0. The van der Waals surface area contributed by atoms with E-state index in [1.54, 1.807) is 0 Å². The van der Waals surface area contributed by atoms with Gasteiger partial charge in [-0.05, 0) is 163 Å². The molecule has 0 aromatic heterocycles. The van der Waals surface area contributed by atoms with E-state index < -0.39 is 0 Å². The minimum Gasteiger partial charge on any atom is -0.0616 e. The van der Waals surface area contributed by atoms with Crippen LogP contribution in [0.25, 0.3) is 120 Å². The van der Waals surface area contributed by atoms with Crippen molar-refractivity contribution in [2.45, 2.75) is 0 Å². The molecule has 0 heteroatoms. The van der Waals surface area contributed by atoms with Gasteiger partial charge in [-0.3, -0.25) is 0 Å². The maximum atomic E-state index is 2.45. The maximum absolute atomic E-state index is 2.45. The first-order chi connectivity index (χ1) is 29.7. The lowest BCUT2D eigenvalue weighted by atomic mass is 9.83. The van der Waals surface area contributed by atoms with E-state index in [2.05, 4.69) is 231 Å². The highest BCUT2D eigenvalue weighted by Crippen LogP contribution is 2.47. The first kappa shape index (κ1) is 34.3. The van der Waals surface area contributed by atoms with Gasteiger partial charge in [0, 0.05) is 0 Å². The molecule has 0 aliphatic heterocycles. The molecule has 0 radical (unpaired) electrons. The lowest BCUT2D eigenvalue weighted by Crippen LogP contribution is -1.93. The topological polar surface area (TPSA) is 0 Å². The summed E-state index contributed by atoms with van der Waals surface area (Å²) in [5.41, 5.74) is 12.2. The lowest BCUT2D eigenvalue weighted by Gasteiger charge is -2.20. The van der Waals surface area contributed by atoms with Gasteiger partial charge in [0.25, 0.3) is 0 Å². The lowest BCUT2D eigenvalue weighted by molar-refractivity contribution is 1.60.